The van der Waals surface area contributed by atoms with Crippen LogP contribution in [0.4, 0.5) is 0 Å². The van der Waals surface area contributed by atoms with E-state index >= 15 is 0 Å². The second kappa shape index (κ2) is 20.0. The standard InChI is InChI=1S/2C3H7.2H3O3PS.Zn/c2*1-3-2;2*1-4(2,3)5;/h2*3H,1-2H3;2*(H3,1,2,3,5);/q2*-1;;;+2. The molecule has 0 aliphatic rings. The zero-order valence-electron chi connectivity index (χ0n) is 10.3. The summed E-state index contributed by atoms with van der Waals surface area (Å²) in [6, 6.07) is 0. The minimum Gasteiger partial charge on any atom is -0.335 e. The SMILES string of the molecule is C[CH-]C.C[CH-]C.OP(O)(O)=S.OP(O)(O)=S.[Zn+2]. The van der Waals surface area contributed by atoms with Crippen LogP contribution in [0.5, 0.6) is 0 Å². The molecule has 0 rings (SSSR count). The normalized spacial score (nSPS) is 9.06. The first-order chi connectivity index (χ1) is 6.83. The molecule has 0 saturated heterocycles. The van der Waals surface area contributed by atoms with Crippen molar-refractivity contribution in [1.82, 2.24) is 0 Å². The Kier molecular flexibility index (Phi) is 36.7. The summed E-state index contributed by atoms with van der Waals surface area (Å²) in [5, 5.41) is 0. The van der Waals surface area contributed by atoms with Crippen molar-refractivity contribution < 1.29 is 48.8 Å². The van der Waals surface area contributed by atoms with Gasteiger partial charge >= 0.3 is 32.9 Å². The predicted molar refractivity (Wildman–Crippen MR) is 73.2 cm³/mol. The molecule has 0 amide bonds. The van der Waals surface area contributed by atoms with E-state index in [4.69, 9.17) is 29.4 Å². The van der Waals surface area contributed by atoms with Crippen LogP contribution in [0.15, 0.2) is 0 Å². The van der Waals surface area contributed by atoms with Crippen LogP contribution in [0.2, 0.25) is 0 Å². The van der Waals surface area contributed by atoms with Crippen molar-refractivity contribution in [3.8, 4) is 0 Å². The van der Waals surface area contributed by atoms with Gasteiger partial charge in [0.25, 0.3) is 0 Å². The molecule has 0 spiro atoms. The first-order valence-corrected chi connectivity index (χ1v) is 9.20. The molecule has 6 nitrogen and oxygen atoms in total. The van der Waals surface area contributed by atoms with Crippen LogP contribution in [0.25, 0.3) is 0 Å². The molecule has 104 valence electrons. The van der Waals surface area contributed by atoms with Crippen molar-refractivity contribution in [3.05, 3.63) is 12.8 Å². The van der Waals surface area contributed by atoms with Crippen molar-refractivity contribution in [2.24, 2.45) is 0 Å². The largest absolute Gasteiger partial charge is 2.00 e. The topological polar surface area (TPSA) is 121 Å². The molecule has 0 aliphatic carbocycles. The summed E-state index contributed by atoms with van der Waals surface area (Å²) in [5.41, 5.74) is 0. The Hall–Kier alpha value is 1.68. The molecule has 0 aliphatic heterocycles. The van der Waals surface area contributed by atoms with E-state index in [-0.39, 0.29) is 19.5 Å². The average molecular weight is 380 g/mol. The minimum atomic E-state index is -3.81. The average Bonchev–Trinajstić information content (AvgIpc) is 1.79. The molecule has 6 N–H and O–H groups in total. The van der Waals surface area contributed by atoms with Gasteiger partial charge in [0.05, 0.1) is 0 Å². The second-order valence-corrected chi connectivity index (χ2v) is 7.17. The molecule has 11 heteroatoms. The third-order valence-electron chi connectivity index (χ3n) is 0. The number of hydrogen-bond acceptors (Lipinski definition) is 2. The van der Waals surface area contributed by atoms with Crippen molar-refractivity contribution in [3.63, 3.8) is 0 Å². The Morgan fingerprint density at radius 3 is 0.647 bits per heavy atom. The van der Waals surface area contributed by atoms with Crippen LogP contribution in [-0.4, -0.2) is 29.4 Å². The van der Waals surface area contributed by atoms with Crippen molar-refractivity contribution in [1.29, 1.82) is 0 Å². The fraction of sp³-hybridized carbons (Fsp3) is 0.667. The zero-order chi connectivity index (χ0) is 14.4. The maximum absolute atomic E-state index is 7.56. The molecule has 0 radical (unpaired) electrons. The van der Waals surface area contributed by atoms with E-state index in [1.54, 1.807) is 0 Å². The van der Waals surface area contributed by atoms with Gasteiger partial charge in [-0.1, -0.05) is 0 Å². The molecular weight excluding hydrogens is 360 g/mol. The molecule has 0 saturated carbocycles. The van der Waals surface area contributed by atoms with E-state index in [2.05, 4.69) is 23.6 Å². The summed E-state index contributed by atoms with van der Waals surface area (Å²) < 4.78 is 0. The van der Waals surface area contributed by atoms with Gasteiger partial charge < -0.3 is 42.2 Å². The Labute approximate surface area is 126 Å². The summed E-state index contributed by atoms with van der Waals surface area (Å²) in [6.07, 6.45) is 4.00. The van der Waals surface area contributed by atoms with Crippen molar-refractivity contribution in [2.45, 2.75) is 27.7 Å². The molecule has 0 bridgehead atoms. The van der Waals surface area contributed by atoms with Crippen LogP contribution >= 0.6 is 13.4 Å². The molecule has 0 aromatic carbocycles. The van der Waals surface area contributed by atoms with Crippen molar-refractivity contribution in [2.75, 3.05) is 0 Å². The Bertz CT molecular complexity index is 168. The van der Waals surface area contributed by atoms with E-state index in [1.807, 2.05) is 40.5 Å². The van der Waals surface area contributed by atoms with Gasteiger partial charge in [-0.25, -0.2) is 0 Å². The number of hydrogen-bond donors (Lipinski definition) is 6. The van der Waals surface area contributed by atoms with E-state index in [0.29, 0.717) is 0 Å². The minimum absolute atomic E-state index is 0. The van der Waals surface area contributed by atoms with Gasteiger partial charge in [0, 0.05) is 0 Å². The predicted octanol–water partition coefficient (Wildman–Crippen LogP) is 0.834. The third kappa shape index (κ3) is 1530. The Balaban J connectivity index is -0.0000000381. The third-order valence-corrected chi connectivity index (χ3v) is 0. The number of rotatable bonds is 0. The summed E-state index contributed by atoms with van der Waals surface area (Å²) in [5.74, 6) is 0. The zero-order valence-corrected chi connectivity index (χ0v) is 16.6. The van der Waals surface area contributed by atoms with E-state index in [0.717, 1.165) is 0 Å². The van der Waals surface area contributed by atoms with E-state index in [9.17, 15) is 0 Å². The van der Waals surface area contributed by atoms with E-state index in [1.165, 1.54) is 0 Å². The monoisotopic (exact) mass is 378 g/mol. The quantitative estimate of drug-likeness (QED) is 0.208. The molecule has 0 aromatic heterocycles. The van der Waals surface area contributed by atoms with Crippen LogP contribution < -0.4 is 0 Å². The van der Waals surface area contributed by atoms with Gasteiger partial charge in [-0.2, -0.15) is 27.7 Å². The molecule has 0 aromatic rings. The van der Waals surface area contributed by atoms with Crippen LogP contribution in [-0.2, 0) is 43.1 Å². The van der Waals surface area contributed by atoms with Gasteiger partial charge in [0.15, 0.2) is 0 Å². The van der Waals surface area contributed by atoms with E-state index < -0.39 is 13.4 Å². The van der Waals surface area contributed by atoms with Gasteiger partial charge in [-0.05, 0) is 23.6 Å². The summed E-state index contributed by atoms with van der Waals surface area (Å²) in [7, 11) is 0. The van der Waals surface area contributed by atoms with Crippen LogP contribution in [0.3, 0.4) is 0 Å². The first kappa shape index (κ1) is 31.2. The van der Waals surface area contributed by atoms with Gasteiger partial charge in [0.1, 0.15) is 0 Å². The second-order valence-electron chi connectivity index (χ2n) is 2.18. The first-order valence-electron chi connectivity index (χ1n) is 3.87. The molecule has 0 unspecified atom stereocenters. The van der Waals surface area contributed by atoms with Crippen LogP contribution in [0.1, 0.15) is 27.7 Å². The molecule has 17 heavy (non-hydrogen) atoms. The van der Waals surface area contributed by atoms with Gasteiger partial charge in [-0.15, -0.1) is 0 Å². The maximum atomic E-state index is 7.56. The molecule has 0 heterocycles. The van der Waals surface area contributed by atoms with Crippen molar-refractivity contribution >= 4 is 37.1 Å². The summed E-state index contributed by atoms with van der Waals surface area (Å²) in [4.78, 5) is 45.3. The van der Waals surface area contributed by atoms with Gasteiger partial charge in [0.2, 0.25) is 0 Å². The smallest absolute Gasteiger partial charge is 0.335 e. The Morgan fingerprint density at radius 1 is 0.647 bits per heavy atom. The summed E-state index contributed by atoms with van der Waals surface area (Å²) >= 11 is 7.21. The summed E-state index contributed by atoms with van der Waals surface area (Å²) in [6.45, 7) is 0.389. The fourth-order valence-corrected chi connectivity index (χ4v) is 0. The molecule has 0 atom stereocenters. The van der Waals surface area contributed by atoms with Crippen LogP contribution in [0, 0.1) is 12.8 Å². The maximum Gasteiger partial charge on any atom is 2.00 e. The molecule has 0 fully saturated rings. The van der Waals surface area contributed by atoms with Gasteiger partial charge in [-0.3, -0.25) is 0 Å². The Morgan fingerprint density at radius 2 is 0.647 bits per heavy atom. The molecular formula is C6H20O6P2S2Zn. The fourth-order valence-electron chi connectivity index (χ4n) is 0.